The summed E-state index contributed by atoms with van der Waals surface area (Å²) in [6, 6.07) is 0.150. The molecule has 0 unspecified atom stereocenters. The van der Waals surface area contributed by atoms with Crippen LogP contribution in [0.25, 0.3) is 0 Å². The quantitative estimate of drug-likeness (QED) is 0.566. The topological polar surface area (TPSA) is 43.7 Å². The van der Waals surface area contributed by atoms with Crippen molar-refractivity contribution in [3.63, 3.8) is 0 Å². The van der Waals surface area contributed by atoms with Gasteiger partial charge in [0.1, 0.15) is 0 Å². The van der Waals surface area contributed by atoms with E-state index in [2.05, 4.69) is 21.2 Å². The van der Waals surface area contributed by atoms with Crippen molar-refractivity contribution in [3.8, 4) is 0 Å². The highest BCUT2D eigenvalue weighted by Crippen LogP contribution is 2.29. The lowest BCUT2D eigenvalue weighted by Crippen LogP contribution is -2.24. The first-order chi connectivity index (χ1) is 4.77. The van der Waals surface area contributed by atoms with Crippen LogP contribution < -0.4 is 0 Å². The van der Waals surface area contributed by atoms with Crippen LogP contribution in [-0.4, -0.2) is 39.8 Å². The highest BCUT2D eigenvalue weighted by Gasteiger charge is 2.30. The Hall–Kier alpha value is 0.960. The van der Waals surface area contributed by atoms with Gasteiger partial charge in [0, 0.05) is 33.8 Å². The molecular weight excluding hydrogens is 265 g/mol. The summed E-state index contributed by atoms with van der Waals surface area (Å²) in [4.78, 5) is 0. The maximum absolute atomic E-state index is 9.16. The molecule has 2 N–H and O–H groups in total. The third-order valence-electron chi connectivity index (χ3n) is 1.64. The van der Waals surface area contributed by atoms with E-state index >= 15 is 0 Å². The Balaban J connectivity index is 2.41. The van der Waals surface area contributed by atoms with Crippen LogP contribution >= 0.6 is 30.3 Å². The molecule has 1 heterocycles. The van der Waals surface area contributed by atoms with Crippen molar-refractivity contribution in [2.75, 3.05) is 13.2 Å². The van der Waals surface area contributed by atoms with Crippen molar-refractivity contribution >= 4 is 30.3 Å². The lowest BCUT2D eigenvalue weighted by Gasteiger charge is -2.16. The van der Waals surface area contributed by atoms with Gasteiger partial charge in [-0.15, -0.1) is 0 Å². The third-order valence-corrected chi connectivity index (χ3v) is 3.78. The molecule has 1 aliphatic rings. The lowest BCUT2D eigenvalue weighted by molar-refractivity contribution is 0.184. The summed E-state index contributed by atoms with van der Waals surface area (Å²) in [7, 11) is 1.55. The Kier molecular flexibility index (Phi) is 3.71. The van der Waals surface area contributed by atoms with E-state index in [4.69, 9.17) is 10.2 Å². The van der Waals surface area contributed by atoms with Crippen LogP contribution in [0.15, 0.2) is 0 Å². The van der Waals surface area contributed by atoms with Gasteiger partial charge in [-0.05, 0) is 15.5 Å². The van der Waals surface area contributed by atoms with Crippen LogP contribution in [0.5, 0.6) is 0 Å². The summed E-state index contributed by atoms with van der Waals surface area (Å²) in [5.74, 6) is 0. The summed E-state index contributed by atoms with van der Waals surface area (Å²) < 4.78 is 2.01. The van der Waals surface area contributed by atoms with E-state index in [-0.39, 0.29) is 18.8 Å². The number of hydrogen-bond acceptors (Lipinski definition) is 4. The van der Waals surface area contributed by atoms with Crippen LogP contribution in [0.1, 0.15) is 6.42 Å². The van der Waals surface area contributed by atoms with Crippen molar-refractivity contribution in [2.45, 2.75) is 18.6 Å². The number of halogens is 1. The second kappa shape index (κ2) is 4.10. The van der Waals surface area contributed by atoms with Gasteiger partial charge < -0.3 is 10.2 Å². The minimum Gasteiger partial charge on any atom is -0.395 e. The van der Waals surface area contributed by atoms with E-state index in [0.717, 1.165) is 0 Å². The Morgan fingerprint density at radius 1 is 1.70 bits per heavy atom. The van der Waals surface area contributed by atoms with E-state index < -0.39 is 0 Å². The fraction of sp³-hybridized carbons (Fsp3) is 1.00. The first-order valence-electron chi connectivity index (χ1n) is 3.12. The number of hydrogen-bond donors (Lipinski definition) is 2. The highest BCUT2D eigenvalue weighted by atomic mass is 127. The zero-order chi connectivity index (χ0) is 7.56. The average molecular weight is 275 g/mol. The normalized spacial score (nSPS) is 35.1. The molecule has 60 valence electrons. The monoisotopic (exact) mass is 275 g/mol. The fourth-order valence-electron chi connectivity index (χ4n) is 1.11. The second-order valence-electron chi connectivity index (χ2n) is 2.39. The van der Waals surface area contributed by atoms with Gasteiger partial charge in [0.25, 0.3) is 0 Å². The Bertz CT molecular complexity index is 104. The second-order valence-corrected chi connectivity index (χ2v) is 4.18. The van der Waals surface area contributed by atoms with Crippen molar-refractivity contribution in [2.24, 2.45) is 0 Å². The number of rotatable bonds is 2. The maximum atomic E-state index is 9.16. The number of β-amino-alcohol motifs (C(OH)–C–C–N with tert-alkyl or cyclic N) is 1. The van der Waals surface area contributed by atoms with Crippen LogP contribution in [0, 0.1) is 0 Å². The van der Waals surface area contributed by atoms with Crippen LogP contribution in [0.4, 0.5) is 0 Å². The summed E-state index contributed by atoms with van der Waals surface area (Å²) in [6.45, 7) is 0.825. The van der Waals surface area contributed by atoms with E-state index in [1.807, 2.05) is 4.31 Å². The molecule has 0 aromatic carbocycles. The Morgan fingerprint density at radius 3 is 2.80 bits per heavy atom. The van der Waals surface area contributed by atoms with Crippen molar-refractivity contribution < 1.29 is 10.2 Å². The molecule has 0 bridgehead atoms. The number of nitrogens with zero attached hydrogens (tertiary/aromatic N) is 1. The molecule has 1 saturated heterocycles. The Morgan fingerprint density at radius 2 is 2.40 bits per heavy atom. The number of aliphatic hydroxyl groups is 2. The molecule has 0 aliphatic carbocycles. The standard InChI is InChI=1S/C5H10INO2S/c6-10-7-2-5(9)1-4(7)3-8/h4-5,8-9H,1-3H2/t4-,5+/m0/s1. The molecule has 0 radical (unpaired) electrons. The first-order valence-corrected chi connectivity index (χ1v) is 6.43. The van der Waals surface area contributed by atoms with Gasteiger partial charge in [-0.2, -0.15) is 0 Å². The molecule has 0 amide bonds. The third kappa shape index (κ3) is 1.97. The summed E-state index contributed by atoms with van der Waals surface area (Å²) in [6.07, 6.45) is 0.450. The van der Waals surface area contributed by atoms with E-state index in [9.17, 15) is 0 Å². The molecule has 1 aliphatic heterocycles. The molecule has 2 atom stereocenters. The predicted molar refractivity (Wildman–Crippen MR) is 49.8 cm³/mol. The predicted octanol–water partition coefficient (Wildman–Crippen LogP) is 0.412. The minimum absolute atomic E-state index is 0.146. The maximum Gasteiger partial charge on any atom is 0.0693 e. The lowest BCUT2D eigenvalue weighted by atomic mass is 10.2. The van der Waals surface area contributed by atoms with Crippen LogP contribution in [0.2, 0.25) is 0 Å². The largest absolute Gasteiger partial charge is 0.395 e. The van der Waals surface area contributed by atoms with Gasteiger partial charge in [0.2, 0.25) is 0 Å². The van der Waals surface area contributed by atoms with Crippen molar-refractivity contribution in [3.05, 3.63) is 0 Å². The Labute approximate surface area is 76.5 Å². The molecule has 0 saturated carbocycles. The molecule has 5 heteroatoms. The van der Waals surface area contributed by atoms with Gasteiger partial charge in [0.05, 0.1) is 12.7 Å². The van der Waals surface area contributed by atoms with E-state index in [1.54, 1.807) is 9.12 Å². The molecule has 0 aromatic heterocycles. The minimum atomic E-state index is -0.251. The smallest absolute Gasteiger partial charge is 0.0693 e. The zero-order valence-electron chi connectivity index (χ0n) is 5.40. The summed E-state index contributed by atoms with van der Waals surface area (Å²) >= 11 is 2.16. The first kappa shape index (κ1) is 9.05. The SMILES string of the molecule is OC[C@@H]1C[C@@H](O)CN1SI. The number of aliphatic hydroxyl groups excluding tert-OH is 2. The van der Waals surface area contributed by atoms with Gasteiger partial charge in [-0.25, -0.2) is 4.31 Å². The summed E-state index contributed by atoms with van der Waals surface area (Å²) in [5, 5.41) is 18.0. The average Bonchev–Trinajstić information content (AvgIpc) is 2.30. The van der Waals surface area contributed by atoms with Gasteiger partial charge >= 0.3 is 0 Å². The molecule has 1 rings (SSSR count). The van der Waals surface area contributed by atoms with E-state index in [1.165, 1.54) is 0 Å². The highest BCUT2D eigenvalue weighted by molar-refractivity contribution is 14.2. The molecular formula is C5H10INO2S. The van der Waals surface area contributed by atoms with Crippen LogP contribution in [0.3, 0.4) is 0 Å². The molecule has 0 aromatic rings. The molecule has 10 heavy (non-hydrogen) atoms. The molecule has 1 fully saturated rings. The fourth-order valence-corrected chi connectivity index (χ4v) is 3.05. The van der Waals surface area contributed by atoms with E-state index in [0.29, 0.717) is 13.0 Å². The summed E-state index contributed by atoms with van der Waals surface area (Å²) in [5.41, 5.74) is 0. The molecule has 0 spiro atoms. The van der Waals surface area contributed by atoms with Gasteiger partial charge in [-0.3, -0.25) is 0 Å². The van der Waals surface area contributed by atoms with Crippen LogP contribution in [-0.2, 0) is 0 Å². The van der Waals surface area contributed by atoms with Crippen molar-refractivity contribution in [1.29, 1.82) is 0 Å². The zero-order valence-corrected chi connectivity index (χ0v) is 8.38. The molecule has 3 nitrogen and oxygen atoms in total. The van der Waals surface area contributed by atoms with Crippen molar-refractivity contribution in [1.82, 2.24) is 4.31 Å². The van der Waals surface area contributed by atoms with Gasteiger partial charge in [-0.1, -0.05) is 0 Å². The van der Waals surface area contributed by atoms with Gasteiger partial charge in [0.15, 0.2) is 0 Å².